The molecule has 0 saturated heterocycles. The molecule has 0 amide bonds. The van der Waals surface area contributed by atoms with Gasteiger partial charge in [-0.2, -0.15) is 0 Å². The second-order valence-corrected chi connectivity index (χ2v) is 3.60. The maximum atomic E-state index is 9.40. The summed E-state index contributed by atoms with van der Waals surface area (Å²) in [7, 11) is 0. The molecule has 1 atom stereocenters. The zero-order valence-corrected chi connectivity index (χ0v) is 6.09. The van der Waals surface area contributed by atoms with Gasteiger partial charge in [-0.15, -0.1) is 0 Å². The standard InChI is InChI=1S/C7H15NO/c1-7(2,8)6(9)5-3-4-5/h5-6,9H,3-4,8H2,1-2H3. The number of aliphatic hydroxyl groups excluding tert-OH is 1. The normalized spacial score (nSPS) is 24.0. The molecule has 1 aliphatic rings. The van der Waals surface area contributed by atoms with Gasteiger partial charge in [0.2, 0.25) is 0 Å². The van der Waals surface area contributed by atoms with Crippen LogP contribution in [0.2, 0.25) is 0 Å². The third-order valence-electron chi connectivity index (χ3n) is 1.83. The Morgan fingerprint density at radius 1 is 1.56 bits per heavy atom. The van der Waals surface area contributed by atoms with E-state index in [0.717, 1.165) is 12.8 Å². The minimum Gasteiger partial charge on any atom is -0.391 e. The van der Waals surface area contributed by atoms with Crippen molar-refractivity contribution in [1.82, 2.24) is 0 Å². The van der Waals surface area contributed by atoms with Crippen molar-refractivity contribution < 1.29 is 5.11 Å². The highest BCUT2D eigenvalue weighted by atomic mass is 16.3. The zero-order chi connectivity index (χ0) is 7.07. The number of rotatable bonds is 2. The van der Waals surface area contributed by atoms with Gasteiger partial charge in [-0.1, -0.05) is 0 Å². The first-order valence-electron chi connectivity index (χ1n) is 3.49. The quantitative estimate of drug-likeness (QED) is 0.570. The molecule has 0 radical (unpaired) electrons. The van der Waals surface area contributed by atoms with Crippen molar-refractivity contribution in [2.45, 2.75) is 38.3 Å². The lowest BCUT2D eigenvalue weighted by atomic mass is 9.95. The number of hydrogen-bond acceptors (Lipinski definition) is 2. The monoisotopic (exact) mass is 129 g/mol. The molecule has 3 N–H and O–H groups in total. The minimum absolute atomic E-state index is 0.294. The van der Waals surface area contributed by atoms with Crippen molar-refractivity contribution in [2.24, 2.45) is 11.7 Å². The average molecular weight is 129 g/mol. The first-order valence-corrected chi connectivity index (χ1v) is 3.49. The van der Waals surface area contributed by atoms with Crippen LogP contribution in [0.3, 0.4) is 0 Å². The van der Waals surface area contributed by atoms with Crippen LogP contribution in [-0.2, 0) is 0 Å². The van der Waals surface area contributed by atoms with E-state index in [0.29, 0.717) is 5.92 Å². The second-order valence-electron chi connectivity index (χ2n) is 3.60. The van der Waals surface area contributed by atoms with Gasteiger partial charge in [0.05, 0.1) is 6.10 Å². The van der Waals surface area contributed by atoms with E-state index >= 15 is 0 Å². The molecule has 1 aliphatic carbocycles. The molecule has 1 fully saturated rings. The smallest absolute Gasteiger partial charge is 0.0742 e. The van der Waals surface area contributed by atoms with Crippen LogP contribution in [0.1, 0.15) is 26.7 Å². The van der Waals surface area contributed by atoms with Crippen molar-refractivity contribution in [1.29, 1.82) is 0 Å². The van der Waals surface area contributed by atoms with Crippen LogP contribution < -0.4 is 5.73 Å². The summed E-state index contributed by atoms with van der Waals surface area (Å²) >= 11 is 0. The first-order chi connectivity index (χ1) is 4.02. The molecule has 9 heavy (non-hydrogen) atoms. The number of hydrogen-bond donors (Lipinski definition) is 2. The molecule has 2 nitrogen and oxygen atoms in total. The van der Waals surface area contributed by atoms with E-state index < -0.39 is 5.54 Å². The van der Waals surface area contributed by atoms with Gasteiger partial charge in [0.1, 0.15) is 0 Å². The summed E-state index contributed by atoms with van der Waals surface area (Å²) in [6.07, 6.45) is 2.02. The summed E-state index contributed by atoms with van der Waals surface area (Å²) in [5.74, 6) is 0.491. The van der Waals surface area contributed by atoms with Gasteiger partial charge in [0.25, 0.3) is 0 Å². The molecule has 0 aromatic carbocycles. The highest BCUT2D eigenvalue weighted by Crippen LogP contribution is 2.35. The Bertz CT molecular complexity index is 102. The fourth-order valence-corrected chi connectivity index (χ4v) is 1.02. The lowest BCUT2D eigenvalue weighted by molar-refractivity contribution is 0.0832. The molecule has 1 saturated carbocycles. The van der Waals surface area contributed by atoms with Crippen molar-refractivity contribution >= 4 is 0 Å². The molecule has 0 aromatic heterocycles. The summed E-state index contributed by atoms with van der Waals surface area (Å²) in [5.41, 5.74) is 5.27. The van der Waals surface area contributed by atoms with Gasteiger partial charge < -0.3 is 10.8 Å². The molecule has 0 aliphatic heterocycles. The Balaban J connectivity index is 2.40. The predicted octanol–water partition coefficient (Wildman–Crippen LogP) is 0.495. The van der Waals surface area contributed by atoms with Crippen LogP contribution in [0.25, 0.3) is 0 Å². The summed E-state index contributed by atoms with van der Waals surface area (Å²) in [4.78, 5) is 0. The second kappa shape index (κ2) is 1.96. The Morgan fingerprint density at radius 3 is 2.11 bits per heavy atom. The lowest BCUT2D eigenvalue weighted by Gasteiger charge is -2.25. The molecular formula is C7H15NO. The van der Waals surface area contributed by atoms with Gasteiger partial charge in [-0.25, -0.2) is 0 Å². The molecule has 0 bridgehead atoms. The van der Waals surface area contributed by atoms with E-state index in [1.807, 2.05) is 13.8 Å². The Kier molecular flexibility index (Phi) is 1.53. The highest BCUT2D eigenvalue weighted by molar-refractivity contribution is 4.92. The van der Waals surface area contributed by atoms with Gasteiger partial charge >= 0.3 is 0 Å². The maximum Gasteiger partial charge on any atom is 0.0742 e. The zero-order valence-electron chi connectivity index (χ0n) is 6.09. The summed E-state index contributed by atoms with van der Waals surface area (Å²) in [5, 5.41) is 9.40. The third kappa shape index (κ3) is 1.66. The van der Waals surface area contributed by atoms with Crippen molar-refractivity contribution in [3.05, 3.63) is 0 Å². The molecule has 2 heteroatoms. The molecule has 0 heterocycles. The summed E-state index contributed by atoms with van der Waals surface area (Å²) in [6, 6.07) is 0. The number of aliphatic hydroxyl groups is 1. The van der Waals surface area contributed by atoms with Gasteiger partial charge in [0.15, 0.2) is 0 Å². The molecule has 1 rings (SSSR count). The van der Waals surface area contributed by atoms with Crippen LogP contribution in [0.4, 0.5) is 0 Å². The highest BCUT2D eigenvalue weighted by Gasteiger charge is 2.37. The summed E-state index contributed by atoms with van der Waals surface area (Å²) < 4.78 is 0. The minimum atomic E-state index is -0.402. The van der Waals surface area contributed by atoms with Crippen molar-refractivity contribution in [2.75, 3.05) is 0 Å². The molecule has 1 unspecified atom stereocenters. The van der Waals surface area contributed by atoms with Crippen molar-refractivity contribution in [3.8, 4) is 0 Å². The van der Waals surface area contributed by atoms with Gasteiger partial charge in [-0.3, -0.25) is 0 Å². The Morgan fingerprint density at radius 2 is 2.00 bits per heavy atom. The largest absolute Gasteiger partial charge is 0.391 e. The van der Waals surface area contributed by atoms with E-state index in [1.54, 1.807) is 0 Å². The Labute approximate surface area is 56.1 Å². The molecule has 0 spiro atoms. The topological polar surface area (TPSA) is 46.2 Å². The van der Waals surface area contributed by atoms with Crippen molar-refractivity contribution in [3.63, 3.8) is 0 Å². The fraction of sp³-hybridized carbons (Fsp3) is 1.00. The van der Waals surface area contributed by atoms with Crippen LogP contribution in [-0.4, -0.2) is 16.7 Å². The lowest BCUT2D eigenvalue weighted by Crippen LogP contribution is -2.46. The fourth-order valence-electron chi connectivity index (χ4n) is 1.02. The van der Waals surface area contributed by atoms with Crippen LogP contribution in [0.5, 0.6) is 0 Å². The van der Waals surface area contributed by atoms with E-state index in [4.69, 9.17) is 5.73 Å². The summed E-state index contributed by atoms with van der Waals surface area (Å²) in [6.45, 7) is 3.74. The van der Waals surface area contributed by atoms with Crippen LogP contribution in [0.15, 0.2) is 0 Å². The number of nitrogens with two attached hydrogens (primary N) is 1. The predicted molar refractivity (Wildman–Crippen MR) is 37.0 cm³/mol. The SMILES string of the molecule is CC(C)(N)C(O)C1CC1. The average Bonchev–Trinajstić information content (AvgIpc) is 2.40. The molecule has 0 aromatic rings. The van der Waals surface area contributed by atoms with E-state index in [1.165, 1.54) is 0 Å². The van der Waals surface area contributed by atoms with Crippen LogP contribution >= 0.6 is 0 Å². The van der Waals surface area contributed by atoms with Gasteiger partial charge in [-0.05, 0) is 32.6 Å². The molecular weight excluding hydrogens is 114 g/mol. The van der Waals surface area contributed by atoms with E-state index in [2.05, 4.69) is 0 Å². The first kappa shape index (κ1) is 7.03. The maximum absolute atomic E-state index is 9.40. The van der Waals surface area contributed by atoms with Crippen LogP contribution in [0, 0.1) is 5.92 Å². The third-order valence-corrected chi connectivity index (χ3v) is 1.83. The van der Waals surface area contributed by atoms with Gasteiger partial charge in [0, 0.05) is 5.54 Å². The van der Waals surface area contributed by atoms with E-state index in [-0.39, 0.29) is 6.10 Å². The Hall–Kier alpha value is -0.0800. The van der Waals surface area contributed by atoms with E-state index in [9.17, 15) is 5.11 Å². The molecule has 54 valence electrons.